The van der Waals surface area contributed by atoms with Crippen LogP contribution < -0.4 is 11.1 Å². The van der Waals surface area contributed by atoms with E-state index in [1.165, 1.54) is 0 Å². The number of hydrogen-bond donors (Lipinski definition) is 2. The first-order chi connectivity index (χ1) is 8.47. The molecule has 0 aliphatic rings. The Morgan fingerprint density at radius 3 is 2.50 bits per heavy atom. The van der Waals surface area contributed by atoms with Crippen LogP contribution in [0.5, 0.6) is 0 Å². The van der Waals surface area contributed by atoms with Crippen LogP contribution in [0.25, 0.3) is 0 Å². The molecule has 0 unspecified atom stereocenters. The number of benzene rings is 1. The fourth-order valence-electron chi connectivity index (χ4n) is 1.69. The third-order valence-electron chi connectivity index (χ3n) is 2.50. The molecule has 0 saturated carbocycles. The molecular weight excluding hydrogens is 299 g/mol. The summed E-state index contributed by atoms with van der Waals surface area (Å²) in [4.78, 5) is 7.43. The smallest absolute Gasteiger partial charge is 0.222 e. The van der Waals surface area contributed by atoms with Crippen molar-refractivity contribution < 1.29 is 4.39 Å². The lowest BCUT2D eigenvalue weighted by atomic mass is 10.1. The SMILES string of the molecule is Cc1cc(Br)cc(C)c1Nc1nc(N)ncc1F. The van der Waals surface area contributed by atoms with Gasteiger partial charge in [-0.3, -0.25) is 0 Å². The molecule has 0 aliphatic heterocycles. The Labute approximate surface area is 113 Å². The van der Waals surface area contributed by atoms with Gasteiger partial charge in [-0.25, -0.2) is 9.37 Å². The van der Waals surface area contributed by atoms with Crippen LogP contribution in [0.1, 0.15) is 11.1 Å². The zero-order valence-corrected chi connectivity index (χ0v) is 11.5. The van der Waals surface area contributed by atoms with Crippen LogP contribution in [0.15, 0.2) is 22.8 Å². The van der Waals surface area contributed by atoms with E-state index in [1.807, 2.05) is 26.0 Å². The van der Waals surface area contributed by atoms with Gasteiger partial charge in [0.1, 0.15) is 0 Å². The highest BCUT2D eigenvalue weighted by Crippen LogP contribution is 2.28. The summed E-state index contributed by atoms with van der Waals surface area (Å²) in [6.07, 6.45) is 1.05. The quantitative estimate of drug-likeness (QED) is 0.893. The Balaban J connectivity index is 2.43. The second kappa shape index (κ2) is 4.89. The van der Waals surface area contributed by atoms with Crippen LogP contribution in [-0.2, 0) is 0 Å². The molecule has 0 amide bonds. The van der Waals surface area contributed by atoms with Gasteiger partial charge in [-0.1, -0.05) is 15.9 Å². The average Bonchev–Trinajstić information content (AvgIpc) is 2.28. The molecule has 6 heteroatoms. The molecule has 0 spiro atoms. The molecule has 2 rings (SSSR count). The first kappa shape index (κ1) is 12.8. The maximum absolute atomic E-state index is 13.5. The first-order valence-electron chi connectivity index (χ1n) is 5.29. The molecule has 0 radical (unpaired) electrons. The van der Waals surface area contributed by atoms with Crippen molar-refractivity contribution in [1.82, 2.24) is 9.97 Å². The molecule has 94 valence electrons. The summed E-state index contributed by atoms with van der Waals surface area (Å²) in [7, 11) is 0. The minimum absolute atomic E-state index is 0.0336. The molecule has 4 nitrogen and oxygen atoms in total. The largest absolute Gasteiger partial charge is 0.368 e. The monoisotopic (exact) mass is 310 g/mol. The van der Waals surface area contributed by atoms with E-state index < -0.39 is 5.82 Å². The summed E-state index contributed by atoms with van der Waals surface area (Å²) in [6, 6.07) is 3.88. The second-order valence-corrected chi connectivity index (χ2v) is 4.88. The predicted octanol–water partition coefficient (Wildman–Crippen LogP) is 3.32. The molecule has 3 N–H and O–H groups in total. The fourth-order valence-corrected chi connectivity index (χ4v) is 2.38. The summed E-state index contributed by atoms with van der Waals surface area (Å²) in [5.74, 6) is -0.423. The van der Waals surface area contributed by atoms with E-state index in [2.05, 4.69) is 31.2 Å². The van der Waals surface area contributed by atoms with Crippen molar-refractivity contribution in [2.75, 3.05) is 11.1 Å². The van der Waals surface area contributed by atoms with Crippen LogP contribution in [0.4, 0.5) is 21.8 Å². The molecule has 0 saturated heterocycles. The standard InChI is InChI=1S/C12H12BrFN4/c1-6-3-8(13)4-7(2)10(6)17-11-9(14)5-16-12(15)18-11/h3-5H,1-2H3,(H3,15,16,17,18). The lowest BCUT2D eigenvalue weighted by molar-refractivity contribution is 0.619. The van der Waals surface area contributed by atoms with Gasteiger partial charge in [0.25, 0.3) is 0 Å². The van der Waals surface area contributed by atoms with Gasteiger partial charge in [-0.05, 0) is 37.1 Å². The van der Waals surface area contributed by atoms with E-state index in [0.717, 1.165) is 27.5 Å². The number of hydrogen-bond acceptors (Lipinski definition) is 4. The highest BCUT2D eigenvalue weighted by Gasteiger charge is 2.10. The average molecular weight is 311 g/mol. The normalized spacial score (nSPS) is 10.4. The topological polar surface area (TPSA) is 63.8 Å². The van der Waals surface area contributed by atoms with E-state index >= 15 is 0 Å². The van der Waals surface area contributed by atoms with Crippen molar-refractivity contribution in [3.05, 3.63) is 39.7 Å². The van der Waals surface area contributed by atoms with Gasteiger partial charge in [0, 0.05) is 10.2 Å². The highest BCUT2D eigenvalue weighted by atomic mass is 79.9. The lowest BCUT2D eigenvalue weighted by Crippen LogP contribution is -2.04. The number of anilines is 3. The number of aromatic nitrogens is 2. The van der Waals surface area contributed by atoms with E-state index in [4.69, 9.17) is 5.73 Å². The van der Waals surface area contributed by atoms with Crippen molar-refractivity contribution in [3.63, 3.8) is 0 Å². The van der Waals surface area contributed by atoms with Crippen LogP contribution in [-0.4, -0.2) is 9.97 Å². The van der Waals surface area contributed by atoms with Crippen LogP contribution in [0, 0.1) is 19.7 Å². The van der Waals surface area contributed by atoms with Gasteiger partial charge in [0.2, 0.25) is 5.95 Å². The molecule has 1 aromatic heterocycles. The van der Waals surface area contributed by atoms with Crippen LogP contribution in [0.3, 0.4) is 0 Å². The number of nitrogen functional groups attached to an aromatic ring is 1. The Morgan fingerprint density at radius 2 is 1.89 bits per heavy atom. The predicted molar refractivity (Wildman–Crippen MR) is 73.3 cm³/mol. The maximum atomic E-state index is 13.5. The molecule has 0 aliphatic carbocycles. The lowest BCUT2D eigenvalue weighted by Gasteiger charge is -2.13. The number of rotatable bonds is 2. The minimum Gasteiger partial charge on any atom is -0.368 e. The molecule has 0 atom stereocenters. The van der Waals surface area contributed by atoms with Gasteiger partial charge in [0.05, 0.1) is 6.20 Å². The van der Waals surface area contributed by atoms with E-state index in [9.17, 15) is 4.39 Å². The van der Waals surface area contributed by atoms with E-state index in [-0.39, 0.29) is 11.8 Å². The number of halogens is 2. The van der Waals surface area contributed by atoms with Gasteiger partial charge < -0.3 is 11.1 Å². The van der Waals surface area contributed by atoms with Crippen molar-refractivity contribution >= 4 is 33.4 Å². The highest BCUT2D eigenvalue weighted by molar-refractivity contribution is 9.10. The molecule has 0 fully saturated rings. The summed E-state index contributed by atoms with van der Waals surface area (Å²) in [5, 5.41) is 2.95. The summed E-state index contributed by atoms with van der Waals surface area (Å²) >= 11 is 3.41. The number of nitrogens with one attached hydrogen (secondary N) is 1. The maximum Gasteiger partial charge on any atom is 0.222 e. The Morgan fingerprint density at radius 1 is 1.28 bits per heavy atom. The van der Waals surface area contributed by atoms with Gasteiger partial charge in [-0.15, -0.1) is 0 Å². The van der Waals surface area contributed by atoms with Crippen LogP contribution in [0.2, 0.25) is 0 Å². The first-order valence-corrected chi connectivity index (χ1v) is 6.08. The Hall–Kier alpha value is -1.69. The van der Waals surface area contributed by atoms with Crippen molar-refractivity contribution in [3.8, 4) is 0 Å². The second-order valence-electron chi connectivity index (χ2n) is 3.96. The summed E-state index contributed by atoms with van der Waals surface area (Å²) in [6.45, 7) is 3.87. The Kier molecular flexibility index (Phi) is 3.47. The molecule has 18 heavy (non-hydrogen) atoms. The number of nitrogens with two attached hydrogens (primary N) is 1. The molecule has 1 aromatic carbocycles. The number of nitrogens with zero attached hydrogens (tertiary/aromatic N) is 2. The zero-order chi connectivity index (χ0) is 13.3. The number of aryl methyl sites for hydroxylation is 2. The third kappa shape index (κ3) is 2.59. The molecule has 0 bridgehead atoms. The van der Waals surface area contributed by atoms with Crippen molar-refractivity contribution in [1.29, 1.82) is 0 Å². The molecular formula is C12H12BrFN4. The van der Waals surface area contributed by atoms with Crippen molar-refractivity contribution in [2.24, 2.45) is 0 Å². The minimum atomic E-state index is -0.536. The Bertz CT molecular complexity index is 578. The summed E-state index contributed by atoms with van der Waals surface area (Å²) < 4.78 is 14.5. The molecule has 2 aromatic rings. The zero-order valence-electron chi connectivity index (χ0n) is 9.96. The van der Waals surface area contributed by atoms with E-state index in [0.29, 0.717) is 0 Å². The van der Waals surface area contributed by atoms with Crippen LogP contribution >= 0.6 is 15.9 Å². The summed E-state index contributed by atoms with van der Waals surface area (Å²) in [5.41, 5.74) is 8.23. The van der Waals surface area contributed by atoms with Gasteiger partial charge in [0.15, 0.2) is 11.6 Å². The molecule has 1 heterocycles. The fraction of sp³-hybridized carbons (Fsp3) is 0.167. The third-order valence-corrected chi connectivity index (χ3v) is 2.96. The van der Waals surface area contributed by atoms with Gasteiger partial charge >= 0.3 is 0 Å². The van der Waals surface area contributed by atoms with Crippen molar-refractivity contribution in [2.45, 2.75) is 13.8 Å². The van der Waals surface area contributed by atoms with E-state index in [1.54, 1.807) is 0 Å². The van der Waals surface area contributed by atoms with Gasteiger partial charge in [-0.2, -0.15) is 4.98 Å².